The molecule has 0 aliphatic carbocycles. The molecule has 0 saturated carbocycles. The van der Waals surface area contributed by atoms with Crippen molar-refractivity contribution in [2.75, 3.05) is 13.1 Å². The van der Waals surface area contributed by atoms with Crippen molar-refractivity contribution in [2.45, 2.75) is 32.8 Å². The standard InChI is InChI=1S/C10H20N2O4/c1-3-7(4-2)5-11-10(16)12-6-8(13)9(14)15/h7-8,13H,3-6H2,1-2H3,(H,14,15)(H2,11,12,16). The van der Waals surface area contributed by atoms with E-state index in [1.807, 2.05) is 13.8 Å². The third-order valence-electron chi connectivity index (χ3n) is 2.45. The third kappa shape index (κ3) is 6.23. The van der Waals surface area contributed by atoms with Crippen LogP contribution in [0.2, 0.25) is 0 Å². The van der Waals surface area contributed by atoms with Crippen molar-refractivity contribution in [3.63, 3.8) is 0 Å². The van der Waals surface area contributed by atoms with Crippen LogP contribution >= 0.6 is 0 Å². The molecule has 0 fully saturated rings. The monoisotopic (exact) mass is 232 g/mol. The summed E-state index contributed by atoms with van der Waals surface area (Å²) in [5.41, 5.74) is 0. The van der Waals surface area contributed by atoms with Gasteiger partial charge in [-0.15, -0.1) is 0 Å². The number of nitrogens with one attached hydrogen (secondary N) is 2. The zero-order valence-corrected chi connectivity index (χ0v) is 9.69. The Morgan fingerprint density at radius 1 is 1.12 bits per heavy atom. The van der Waals surface area contributed by atoms with Crippen LogP contribution < -0.4 is 10.6 Å². The summed E-state index contributed by atoms with van der Waals surface area (Å²) in [6, 6.07) is -0.452. The van der Waals surface area contributed by atoms with Crippen LogP contribution in [0.4, 0.5) is 4.79 Å². The van der Waals surface area contributed by atoms with Gasteiger partial charge < -0.3 is 20.8 Å². The van der Waals surface area contributed by atoms with Gasteiger partial charge in [-0.2, -0.15) is 0 Å². The average Bonchev–Trinajstić information content (AvgIpc) is 2.27. The van der Waals surface area contributed by atoms with Gasteiger partial charge in [-0.05, 0) is 5.92 Å². The molecule has 6 heteroatoms. The van der Waals surface area contributed by atoms with Crippen LogP contribution in [0, 0.1) is 5.92 Å². The first-order valence-electron chi connectivity index (χ1n) is 5.43. The normalized spacial score (nSPS) is 12.2. The lowest BCUT2D eigenvalue weighted by Crippen LogP contribution is -2.43. The minimum absolute atomic E-state index is 0.288. The molecule has 1 unspecified atom stereocenters. The molecule has 0 aliphatic heterocycles. The van der Waals surface area contributed by atoms with E-state index < -0.39 is 18.1 Å². The van der Waals surface area contributed by atoms with Crippen molar-refractivity contribution in [3.05, 3.63) is 0 Å². The van der Waals surface area contributed by atoms with Crippen LogP contribution in [0.25, 0.3) is 0 Å². The first kappa shape index (κ1) is 14.7. The quantitative estimate of drug-likeness (QED) is 0.502. The molecule has 0 radical (unpaired) electrons. The highest BCUT2D eigenvalue weighted by atomic mass is 16.4. The molecule has 1 atom stereocenters. The highest BCUT2D eigenvalue weighted by molar-refractivity contribution is 5.76. The predicted octanol–water partition coefficient (Wildman–Crippen LogP) is 0.167. The molecule has 0 aliphatic rings. The minimum atomic E-state index is -1.56. The maximum Gasteiger partial charge on any atom is 0.334 e. The Morgan fingerprint density at radius 2 is 1.62 bits per heavy atom. The van der Waals surface area contributed by atoms with Crippen molar-refractivity contribution in [1.29, 1.82) is 0 Å². The van der Waals surface area contributed by atoms with E-state index in [2.05, 4.69) is 10.6 Å². The largest absolute Gasteiger partial charge is 0.479 e. The molecule has 0 heterocycles. The second-order valence-corrected chi connectivity index (χ2v) is 3.63. The van der Waals surface area contributed by atoms with Crippen LogP contribution in [-0.2, 0) is 4.79 Å². The van der Waals surface area contributed by atoms with E-state index in [0.29, 0.717) is 12.5 Å². The Kier molecular flexibility index (Phi) is 7.28. The molecule has 16 heavy (non-hydrogen) atoms. The van der Waals surface area contributed by atoms with Crippen LogP contribution in [0.5, 0.6) is 0 Å². The summed E-state index contributed by atoms with van der Waals surface area (Å²) in [5.74, 6) is -0.921. The molecule has 94 valence electrons. The van der Waals surface area contributed by atoms with E-state index in [4.69, 9.17) is 10.2 Å². The molecule has 0 bridgehead atoms. The van der Waals surface area contributed by atoms with Gasteiger partial charge in [0.2, 0.25) is 0 Å². The highest BCUT2D eigenvalue weighted by Gasteiger charge is 2.14. The van der Waals surface area contributed by atoms with E-state index in [9.17, 15) is 9.59 Å². The molecule has 0 spiro atoms. The van der Waals surface area contributed by atoms with Crippen LogP contribution in [0.1, 0.15) is 26.7 Å². The van der Waals surface area contributed by atoms with Crippen LogP contribution in [0.15, 0.2) is 0 Å². The number of amides is 2. The first-order chi connectivity index (χ1) is 7.51. The fourth-order valence-electron chi connectivity index (χ4n) is 1.15. The fraction of sp³-hybridized carbons (Fsp3) is 0.800. The first-order valence-corrected chi connectivity index (χ1v) is 5.43. The zero-order chi connectivity index (χ0) is 12.6. The third-order valence-corrected chi connectivity index (χ3v) is 2.45. The Morgan fingerprint density at radius 3 is 2.06 bits per heavy atom. The number of carbonyl (C=O) groups excluding carboxylic acids is 1. The van der Waals surface area contributed by atoms with Crippen molar-refractivity contribution in [2.24, 2.45) is 5.92 Å². The summed E-state index contributed by atoms with van der Waals surface area (Å²) in [6.45, 7) is 4.36. The lowest BCUT2D eigenvalue weighted by molar-refractivity contribution is -0.146. The van der Waals surface area contributed by atoms with Gasteiger partial charge in [0, 0.05) is 6.54 Å². The Labute approximate surface area is 95.0 Å². The van der Waals surface area contributed by atoms with E-state index in [1.54, 1.807) is 0 Å². The molecular formula is C10H20N2O4. The fourth-order valence-corrected chi connectivity index (χ4v) is 1.15. The number of hydrogen-bond donors (Lipinski definition) is 4. The van der Waals surface area contributed by atoms with Gasteiger partial charge in [-0.25, -0.2) is 9.59 Å². The summed E-state index contributed by atoms with van der Waals surface area (Å²) in [6.07, 6.45) is 0.405. The van der Waals surface area contributed by atoms with Crippen molar-refractivity contribution < 1.29 is 19.8 Å². The number of carboxylic acid groups (broad SMARTS) is 1. The number of aliphatic carboxylic acids is 1. The summed E-state index contributed by atoms with van der Waals surface area (Å²) in [4.78, 5) is 21.4. The van der Waals surface area contributed by atoms with E-state index >= 15 is 0 Å². The van der Waals surface area contributed by atoms with Gasteiger partial charge in [-0.1, -0.05) is 26.7 Å². The summed E-state index contributed by atoms with van der Waals surface area (Å²) in [7, 11) is 0. The lowest BCUT2D eigenvalue weighted by atomic mass is 10.0. The van der Waals surface area contributed by atoms with E-state index in [-0.39, 0.29) is 6.54 Å². The second kappa shape index (κ2) is 7.92. The highest BCUT2D eigenvalue weighted by Crippen LogP contribution is 2.04. The maximum absolute atomic E-state index is 11.2. The molecular weight excluding hydrogens is 212 g/mol. The summed E-state index contributed by atoms with van der Waals surface area (Å²) in [5, 5.41) is 22.2. The Bertz CT molecular complexity index is 229. The smallest absolute Gasteiger partial charge is 0.334 e. The maximum atomic E-state index is 11.2. The van der Waals surface area contributed by atoms with Crippen molar-refractivity contribution in [1.82, 2.24) is 10.6 Å². The zero-order valence-electron chi connectivity index (χ0n) is 9.69. The lowest BCUT2D eigenvalue weighted by Gasteiger charge is -2.14. The van der Waals surface area contributed by atoms with E-state index in [1.165, 1.54) is 0 Å². The topological polar surface area (TPSA) is 98.7 Å². The second-order valence-electron chi connectivity index (χ2n) is 3.63. The van der Waals surface area contributed by atoms with Gasteiger partial charge in [0.15, 0.2) is 6.10 Å². The summed E-state index contributed by atoms with van der Waals surface area (Å²) < 4.78 is 0. The predicted molar refractivity (Wildman–Crippen MR) is 59.1 cm³/mol. The molecule has 0 saturated heterocycles. The van der Waals surface area contributed by atoms with Gasteiger partial charge >= 0.3 is 12.0 Å². The van der Waals surface area contributed by atoms with Crippen LogP contribution in [-0.4, -0.2) is 41.4 Å². The number of carbonyl (C=O) groups is 2. The summed E-state index contributed by atoms with van der Waals surface area (Å²) >= 11 is 0. The van der Waals surface area contributed by atoms with Crippen molar-refractivity contribution in [3.8, 4) is 0 Å². The molecule has 2 amide bonds. The number of carboxylic acids is 1. The molecule has 0 aromatic carbocycles. The van der Waals surface area contributed by atoms with Crippen LogP contribution in [0.3, 0.4) is 0 Å². The van der Waals surface area contributed by atoms with Gasteiger partial charge in [-0.3, -0.25) is 0 Å². The Balaban J connectivity index is 3.70. The molecule has 4 N–H and O–H groups in total. The van der Waals surface area contributed by atoms with Crippen molar-refractivity contribution >= 4 is 12.0 Å². The van der Waals surface area contributed by atoms with Gasteiger partial charge in [0.25, 0.3) is 0 Å². The number of rotatable bonds is 7. The number of aliphatic hydroxyl groups excluding tert-OH is 1. The molecule has 0 rings (SSSR count). The van der Waals surface area contributed by atoms with Gasteiger partial charge in [0.05, 0.1) is 6.54 Å². The molecule has 0 aromatic rings. The molecule has 6 nitrogen and oxygen atoms in total. The van der Waals surface area contributed by atoms with Gasteiger partial charge in [0.1, 0.15) is 0 Å². The molecule has 0 aromatic heterocycles. The minimum Gasteiger partial charge on any atom is -0.479 e. The average molecular weight is 232 g/mol. The van der Waals surface area contributed by atoms with E-state index in [0.717, 1.165) is 12.8 Å². The number of hydrogen-bond acceptors (Lipinski definition) is 3. The SMILES string of the molecule is CCC(CC)CNC(=O)NCC(O)C(=O)O. The number of urea groups is 1. The number of aliphatic hydroxyl groups is 1. The Hall–Kier alpha value is -1.30.